The molecular weight excluding hydrogens is 705 g/mol. The molecule has 0 saturated carbocycles. The molecule has 2 radical (unpaired) electrons. The van der Waals surface area contributed by atoms with Crippen molar-refractivity contribution in [3.63, 3.8) is 0 Å². The van der Waals surface area contributed by atoms with Gasteiger partial charge in [0.2, 0.25) is 0 Å². The van der Waals surface area contributed by atoms with Crippen LogP contribution in [0.3, 0.4) is 0 Å². The Hall–Kier alpha value is 0.908. The third kappa shape index (κ3) is 15.0. The zero-order chi connectivity index (χ0) is 20.6. The van der Waals surface area contributed by atoms with Gasteiger partial charge in [-0.15, -0.1) is 5.56 Å². The van der Waals surface area contributed by atoms with E-state index in [1.165, 1.54) is 0 Å². The van der Waals surface area contributed by atoms with Gasteiger partial charge in [0.25, 0.3) is 5.69 Å². The summed E-state index contributed by atoms with van der Waals surface area (Å²) < 4.78 is 0. The minimum absolute atomic E-state index is 0. The summed E-state index contributed by atoms with van der Waals surface area (Å²) in [5, 5.41) is 21.0. The van der Waals surface area contributed by atoms with E-state index in [2.05, 4.69) is 13.8 Å². The van der Waals surface area contributed by atoms with E-state index in [1.807, 2.05) is 0 Å². The summed E-state index contributed by atoms with van der Waals surface area (Å²) in [6.07, 6.45) is 0. The number of rotatable bonds is 2. The molecule has 2 rings (SSSR count). The fraction of sp³-hybridized carbons (Fsp3) is 0.200. The predicted molar refractivity (Wildman–Crippen MR) is 124 cm³/mol. The minimum atomic E-state index is -0.464. The third-order valence-electron chi connectivity index (χ3n) is 3.60. The third-order valence-corrected chi connectivity index (χ3v) is 3.60. The summed E-state index contributed by atoms with van der Waals surface area (Å²) in [7, 11) is 0. The maximum Gasteiger partial charge on any atom is 2.00 e. The van der Waals surface area contributed by atoms with Gasteiger partial charge < -0.3 is 58.6 Å². The van der Waals surface area contributed by atoms with Crippen molar-refractivity contribution < 1.29 is 101 Å². The SMILES string of the molecule is Cc1ccc(N)c(C)c1[N+](=O)[O-].[CH2-]C.[CH2-]c1ccc(N)c(C)c1[N+](=O)[O-].[CH3-].[CH3-].[Ca+2].[H-].[I-].[Y].[Y]. The Morgan fingerprint density at radius 1 is 0.812 bits per heavy atom. The van der Waals surface area contributed by atoms with Crippen LogP contribution in [0.25, 0.3) is 0 Å². The summed E-state index contributed by atoms with van der Waals surface area (Å²) in [5.41, 5.74) is 14.1. The molecule has 0 spiro atoms. The number of nitrogens with two attached hydrogens (primary N) is 2. The number of halogens is 1. The molecule has 2 aromatic rings. The van der Waals surface area contributed by atoms with Gasteiger partial charge in [-0.25, -0.2) is 0 Å². The van der Waals surface area contributed by atoms with Gasteiger partial charge in [-0.3, -0.25) is 20.2 Å². The van der Waals surface area contributed by atoms with Crippen molar-refractivity contribution in [2.75, 3.05) is 11.5 Å². The second kappa shape index (κ2) is 25.0. The van der Waals surface area contributed by atoms with Crippen molar-refractivity contribution in [2.24, 2.45) is 0 Å². The fourth-order valence-electron chi connectivity index (χ4n) is 2.16. The number of hydrogen-bond acceptors (Lipinski definition) is 6. The van der Waals surface area contributed by atoms with Crippen LogP contribution in [0.1, 0.15) is 30.6 Å². The van der Waals surface area contributed by atoms with E-state index in [-0.39, 0.29) is 155 Å². The van der Waals surface area contributed by atoms with E-state index >= 15 is 0 Å². The maximum atomic E-state index is 10.5. The first kappa shape index (κ1) is 49.9. The van der Waals surface area contributed by atoms with Gasteiger partial charge >= 0.3 is 37.7 Å². The van der Waals surface area contributed by atoms with E-state index in [0.29, 0.717) is 33.6 Å². The molecule has 0 bridgehead atoms. The molecule has 0 atom stereocenters. The number of nitro benzene ring substituents is 2. The quantitative estimate of drug-likeness (QED) is 0.121. The first-order valence-electron chi connectivity index (χ1n) is 7.64. The van der Waals surface area contributed by atoms with Crippen LogP contribution in [-0.4, -0.2) is 47.6 Å². The van der Waals surface area contributed by atoms with Crippen LogP contribution in [0.2, 0.25) is 0 Å². The molecule has 0 fully saturated rings. The number of hydrogen-bond donors (Lipinski definition) is 2. The van der Waals surface area contributed by atoms with E-state index in [1.54, 1.807) is 52.0 Å². The summed E-state index contributed by atoms with van der Waals surface area (Å²) in [6.45, 7) is 13.5. The Morgan fingerprint density at radius 3 is 1.41 bits per heavy atom. The second-order valence-electron chi connectivity index (χ2n) is 5.25. The molecule has 0 saturated heterocycles. The number of nitrogen functional groups attached to an aromatic ring is 2. The van der Waals surface area contributed by atoms with Crippen molar-refractivity contribution in [3.05, 3.63) is 95.4 Å². The van der Waals surface area contributed by atoms with Gasteiger partial charge in [0.05, 0.1) is 4.92 Å². The minimum Gasteiger partial charge on any atom is -1.00 e. The average molecular weight is 736 g/mol. The van der Waals surface area contributed by atoms with Crippen LogP contribution in [0.5, 0.6) is 0 Å². The normalized spacial score (nSPS) is 7.53. The average Bonchev–Trinajstić information content (AvgIpc) is 2.57. The van der Waals surface area contributed by atoms with Gasteiger partial charge in [0.15, 0.2) is 5.69 Å². The maximum absolute atomic E-state index is 10.5. The van der Waals surface area contributed by atoms with Crippen molar-refractivity contribution in [1.29, 1.82) is 0 Å². The van der Waals surface area contributed by atoms with Crippen molar-refractivity contribution in [2.45, 2.75) is 27.7 Å². The smallest absolute Gasteiger partial charge is 1.00 e. The first-order valence-corrected chi connectivity index (χ1v) is 7.64. The second-order valence-corrected chi connectivity index (χ2v) is 5.25. The van der Waals surface area contributed by atoms with Crippen molar-refractivity contribution >= 4 is 60.5 Å². The van der Waals surface area contributed by atoms with Crippen LogP contribution in [-0.2, 0) is 65.4 Å². The predicted octanol–water partition coefficient (Wildman–Crippen LogP) is 1.93. The molecule has 174 valence electrons. The molecule has 0 heterocycles. The summed E-state index contributed by atoms with van der Waals surface area (Å²) >= 11 is 0. The number of benzene rings is 2. The van der Waals surface area contributed by atoms with E-state index in [9.17, 15) is 20.2 Å². The topological polar surface area (TPSA) is 138 Å². The summed E-state index contributed by atoms with van der Waals surface area (Å²) in [4.78, 5) is 20.2. The molecule has 0 amide bonds. The van der Waals surface area contributed by atoms with Crippen molar-refractivity contribution in [1.82, 2.24) is 0 Å². The molecule has 0 unspecified atom stereocenters. The standard InChI is InChI=1S/C8H10N2O2.C8H9N2O2.C2H5.2CH3.Ca.HI.2Y.H/c2*1-5-3-4-7(9)6(2)8(5)10(11)12;1-2;;;;;;;/h3-4H,9H2,1-2H3;3-4H,1,9H2,2H3;1H2,2H3;2*1H3;;1H;;;/q;4*-1;+2;;;;-1/p-1. The molecule has 0 aliphatic rings. The molecule has 4 N–H and O–H groups in total. The van der Waals surface area contributed by atoms with Crippen LogP contribution in [0.15, 0.2) is 24.3 Å². The van der Waals surface area contributed by atoms with Crippen molar-refractivity contribution in [3.8, 4) is 0 Å². The van der Waals surface area contributed by atoms with E-state index in [4.69, 9.17) is 11.5 Å². The Kier molecular flexibility index (Phi) is 39.0. The van der Waals surface area contributed by atoms with Crippen LogP contribution >= 0.6 is 0 Å². The van der Waals surface area contributed by atoms with E-state index in [0.717, 1.165) is 0 Å². The molecule has 12 heteroatoms. The fourth-order valence-corrected chi connectivity index (χ4v) is 2.16. The monoisotopic (exact) mass is 736 g/mol. The van der Waals surface area contributed by atoms with Gasteiger partial charge in [0, 0.05) is 92.8 Å². The molecule has 2 aromatic carbocycles. The molecular formula is C20H31CaIN4O4Y2-4. The van der Waals surface area contributed by atoms with E-state index < -0.39 is 9.85 Å². The van der Waals surface area contributed by atoms with Gasteiger partial charge in [-0.05, 0) is 32.4 Å². The van der Waals surface area contributed by atoms with Gasteiger partial charge in [-0.1, -0.05) is 12.1 Å². The van der Waals surface area contributed by atoms with Crippen LogP contribution < -0.4 is 35.4 Å². The molecule has 8 nitrogen and oxygen atoms in total. The largest absolute Gasteiger partial charge is 2.00 e. The Morgan fingerprint density at radius 2 is 1.12 bits per heavy atom. The van der Waals surface area contributed by atoms with Crippen LogP contribution in [0.4, 0.5) is 22.7 Å². The van der Waals surface area contributed by atoms with Crippen LogP contribution in [0, 0.1) is 69.7 Å². The number of aryl methyl sites for hydroxylation is 1. The van der Waals surface area contributed by atoms with Gasteiger partial charge in [-0.2, -0.15) is 19.9 Å². The molecule has 0 aliphatic carbocycles. The Labute approximate surface area is 291 Å². The summed E-state index contributed by atoms with van der Waals surface area (Å²) in [6, 6.07) is 6.49. The molecule has 0 aliphatic heterocycles. The number of anilines is 2. The zero-order valence-corrected chi connectivity index (χ0v) is 29.7. The Bertz CT molecular complexity index is 768. The van der Waals surface area contributed by atoms with Gasteiger partial charge in [0.1, 0.15) is 0 Å². The summed E-state index contributed by atoms with van der Waals surface area (Å²) in [5.74, 6) is 0. The Balaban J connectivity index is -0.0000000490. The zero-order valence-electron chi connectivity index (χ0n) is 20.6. The number of nitro groups is 2. The molecule has 0 aromatic heterocycles. The number of nitrogens with zero attached hydrogens (tertiary/aromatic N) is 2. The molecule has 32 heavy (non-hydrogen) atoms. The first-order chi connectivity index (χ1) is 12.1.